The van der Waals surface area contributed by atoms with Gasteiger partial charge in [-0.3, -0.25) is 9.59 Å². The van der Waals surface area contributed by atoms with Crippen molar-refractivity contribution >= 4 is 33.2 Å². The van der Waals surface area contributed by atoms with E-state index in [1.165, 1.54) is 6.07 Å². The molecule has 6 rings (SSSR count). The highest BCUT2D eigenvalue weighted by Gasteiger charge is 2.27. The van der Waals surface area contributed by atoms with Gasteiger partial charge in [0.25, 0.3) is 5.91 Å². The molecule has 0 saturated heterocycles. The van der Waals surface area contributed by atoms with Gasteiger partial charge in [0.2, 0.25) is 0 Å². The lowest BCUT2D eigenvalue weighted by Crippen LogP contribution is -2.26. The number of aryl methyl sites for hydroxylation is 4. The molecular formula is C42H39NO7. The zero-order valence-corrected chi connectivity index (χ0v) is 28.2. The molecule has 8 nitrogen and oxygen atoms in total. The standard InChI is InChI=1S/C42H39NO7/c1-23-19-28-30(21-25(3)38(46)36(28)32(44)16-10-15-26-11-6-4-7-12-26)39(47)34(23)35-24(2)20-29-31(40(35)48)22-33(45)41(49)37(29)42(50)43-18-17-27-13-8-5-9-14-27/h4-9,11-14,19-22,45-49H,10,15-18H2,1-3H3,(H,43,50). The van der Waals surface area contributed by atoms with E-state index >= 15 is 0 Å². The number of nitrogens with one attached hydrogen (secondary N) is 1. The molecule has 8 heteroatoms. The molecule has 0 atom stereocenters. The van der Waals surface area contributed by atoms with Crippen molar-refractivity contribution in [2.24, 2.45) is 0 Å². The summed E-state index contributed by atoms with van der Waals surface area (Å²) in [5, 5.41) is 60.0. The first-order valence-electron chi connectivity index (χ1n) is 16.6. The summed E-state index contributed by atoms with van der Waals surface area (Å²) in [5.41, 5.74) is 4.07. The van der Waals surface area contributed by atoms with Gasteiger partial charge in [0, 0.05) is 45.6 Å². The Kier molecular flexibility index (Phi) is 9.37. The Hall–Kier alpha value is -6.02. The van der Waals surface area contributed by atoms with Crippen molar-refractivity contribution in [2.45, 2.75) is 46.5 Å². The van der Waals surface area contributed by atoms with Crippen LogP contribution in [-0.2, 0) is 12.8 Å². The van der Waals surface area contributed by atoms with Gasteiger partial charge in [0.1, 0.15) is 17.2 Å². The third-order valence-electron chi connectivity index (χ3n) is 9.35. The first-order chi connectivity index (χ1) is 24.0. The van der Waals surface area contributed by atoms with Crippen molar-refractivity contribution in [1.29, 1.82) is 0 Å². The SMILES string of the molecule is Cc1cc2c(O)c(-c3c(C)cc4c(C(=O)NCCc5ccccc5)c(O)c(O)cc4c3O)c(C)cc2c(C(=O)CCCc2ccccc2)c1O. The number of fused-ring (bicyclic) bond motifs is 2. The molecule has 254 valence electrons. The van der Waals surface area contributed by atoms with Gasteiger partial charge in [-0.2, -0.15) is 0 Å². The minimum atomic E-state index is -0.619. The number of hydrogen-bond donors (Lipinski definition) is 6. The molecule has 1 amide bonds. The average Bonchev–Trinajstić information content (AvgIpc) is 3.09. The van der Waals surface area contributed by atoms with Crippen LogP contribution in [0.1, 0.15) is 61.4 Å². The number of Topliss-reactive ketones (excluding diaryl/α,β-unsaturated/α-hetero) is 1. The molecule has 0 heterocycles. The Labute approximate surface area is 289 Å². The number of ketones is 1. The molecule has 0 aliphatic carbocycles. The Bertz CT molecular complexity index is 2120. The second-order valence-electron chi connectivity index (χ2n) is 12.8. The van der Waals surface area contributed by atoms with Crippen LogP contribution in [0, 0.1) is 20.8 Å². The molecular weight excluding hydrogens is 630 g/mol. The first kappa shape index (κ1) is 33.9. The van der Waals surface area contributed by atoms with Crippen LogP contribution in [-0.4, -0.2) is 43.8 Å². The van der Waals surface area contributed by atoms with E-state index in [-0.39, 0.29) is 63.5 Å². The van der Waals surface area contributed by atoms with E-state index in [9.17, 15) is 35.1 Å². The third-order valence-corrected chi connectivity index (χ3v) is 9.35. The second-order valence-corrected chi connectivity index (χ2v) is 12.8. The Balaban J connectivity index is 1.40. The molecule has 0 unspecified atom stereocenters. The number of phenolic OH excluding ortho intramolecular Hbond substituents is 5. The van der Waals surface area contributed by atoms with Crippen LogP contribution >= 0.6 is 0 Å². The van der Waals surface area contributed by atoms with Crippen LogP contribution in [0.2, 0.25) is 0 Å². The van der Waals surface area contributed by atoms with E-state index in [2.05, 4.69) is 5.32 Å². The molecule has 6 aromatic carbocycles. The highest BCUT2D eigenvalue weighted by molar-refractivity contribution is 6.16. The van der Waals surface area contributed by atoms with E-state index in [0.717, 1.165) is 11.1 Å². The van der Waals surface area contributed by atoms with Crippen LogP contribution in [0.5, 0.6) is 28.7 Å². The zero-order valence-electron chi connectivity index (χ0n) is 28.2. The fourth-order valence-electron chi connectivity index (χ4n) is 6.83. The predicted molar refractivity (Wildman–Crippen MR) is 196 cm³/mol. The average molecular weight is 670 g/mol. The number of carbonyl (C=O) groups excluding carboxylic acids is 2. The topological polar surface area (TPSA) is 147 Å². The fourth-order valence-corrected chi connectivity index (χ4v) is 6.83. The van der Waals surface area contributed by atoms with Gasteiger partial charge >= 0.3 is 0 Å². The monoisotopic (exact) mass is 669 g/mol. The molecule has 0 bridgehead atoms. The van der Waals surface area contributed by atoms with Crippen molar-refractivity contribution in [3.05, 3.63) is 124 Å². The molecule has 0 radical (unpaired) electrons. The van der Waals surface area contributed by atoms with Crippen molar-refractivity contribution < 1.29 is 35.1 Å². The minimum Gasteiger partial charge on any atom is -0.507 e. The van der Waals surface area contributed by atoms with E-state index in [4.69, 9.17) is 0 Å². The highest BCUT2D eigenvalue weighted by Crippen LogP contribution is 2.50. The quantitative estimate of drug-likeness (QED) is 0.0635. The lowest BCUT2D eigenvalue weighted by Gasteiger charge is -2.20. The maximum Gasteiger partial charge on any atom is 0.255 e. The molecule has 0 aliphatic heterocycles. The normalized spacial score (nSPS) is 11.3. The van der Waals surface area contributed by atoms with Gasteiger partial charge in [-0.15, -0.1) is 0 Å². The van der Waals surface area contributed by atoms with Crippen molar-refractivity contribution in [1.82, 2.24) is 5.32 Å². The maximum absolute atomic E-state index is 13.6. The van der Waals surface area contributed by atoms with E-state index in [0.29, 0.717) is 52.3 Å². The lowest BCUT2D eigenvalue weighted by molar-refractivity contribution is 0.0950. The summed E-state index contributed by atoms with van der Waals surface area (Å²) in [6, 6.07) is 25.6. The molecule has 0 aliphatic rings. The zero-order chi connectivity index (χ0) is 35.7. The fraction of sp³-hybridized carbons (Fsp3) is 0.190. The molecule has 50 heavy (non-hydrogen) atoms. The van der Waals surface area contributed by atoms with E-state index in [1.807, 2.05) is 60.7 Å². The number of amides is 1. The molecule has 0 aromatic heterocycles. The van der Waals surface area contributed by atoms with Crippen LogP contribution in [0.4, 0.5) is 0 Å². The molecule has 0 spiro atoms. The minimum absolute atomic E-state index is 0.101. The lowest BCUT2D eigenvalue weighted by atomic mass is 9.86. The largest absolute Gasteiger partial charge is 0.507 e. The van der Waals surface area contributed by atoms with Crippen molar-refractivity contribution in [3.8, 4) is 39.9 Å². The number of phenols is 5. The maximum atomic E-state index is 13.6. The van der Waals surface area contributed by atoms with Crippen molar-refractivity contribution in [3.63, 3.8) is 0 Å². The van der Waals surface area contributed by atoms with Gasteiger partial charge < -0.3 is 30.8 Å². The number of aromatic hydroxyl groups is 5. The number of carbonyl (C=O) groups is 2. The van der Waals surface area contributed by atoms with Gasteiger partial charge in [0.15, 0.2) is 17.3 Å². The van der Waals surface area contributed by atoms with Crippen LogP contribution < -0.4 is 5.32 Å². The summed E-state index contributed by atoms with van der Waals surface area (Å²) in [6.07, 6.45) is 2.04. The van der Waals surface area contributed by atoms with E-state index < -0.39 is 17.4 Å². The van der Waals surface area contributed by atoms with Crippen molar-refractivity contribution in [2.75, 3.05) is 6.54 Å². The molecule has 0 fully saturated rings. The Morgan fingerprint density at radius 1 is 0.560 bits per heavy atom. The molecule has 6 N–H and O–H groups in total. The van der Waals surface area contributed by atoms with Gasteiger partial charge in [0.05, 0.1) is 11.1 Å². The van der Waals surface area contributed by atoms with Gasteiger partial charge in [-0.25, -0.2) is 0 Å². The highest BCUT2D eigenvalue weighted by atomic mass is 16.3. The third kappa shape index (κ3) is 6.28. The predicted octanol–water partition coefficient (Wildman–Crippen LogP) is 8.29. The number of hydrogen-bond acceptors (Lipinski definition) is 7. The molecule has 0 saturated carbocycles. The smallest absolute Gasteiger partial charge is 0.255 e. The number of rotatable bonds is 10. The van der Waals surface area contributed by atoms with Gasteiger partial charge in [-0.05, 0) is 92.1 Å². The van der Waals surface area contributed by atoms with Crippen LogP contribution in [0.25, 0.3) is 32.7 Å². The first-order valence-corrected chi connectivity index (χ1v) is 16.6. The second kappa shape index (κ2) is 13.8. The number of benzene rings is 6. The van der Waals surface area contributed by atoms with E-state index in [1.54, 1.807) is 39.0 Å². The summed E-state index contributed by atoms with van der Waals surface area (Å²) in [6.45, 7) is 5.38. The summed E-state index contributed by atoms with van der Waals surface area (Å²) in [4.78, 5) is 27.0. The Morgan fingerprint density at radius 2 is 1.06 bits per heavy atom. The van der Waals surface area contributed by atoms with Crippen LogP contribution in [0.15, 0.2) is 84.9 Å². The summed E-state index contributed by atoms with van der Waals surface area (Å²) < 4.78 is 0. The van der Waals surface area contributed by atoms with Crippen LogP contribution in [0.3, 0.4) is 0 Å². The summed E-state index contributed by atoms with van der Waals surface area (Å²) in [5.74, 6) is -2.69. The Morgan fingerprint density at radius 3 is 1.64 bits per heavy atom. The summed E-state index contributed by atoms with van der Waals surface area (Å²) >= 11 is 0. The van der Waals surface area contributed by atoms with Gasteiger partial charge in [-0.1, -0.05) is 60.7 Å². The molecule has 6 aromatic rings. The summed E-state index contributed by atoms with van der Waals surface area (Å²) in [7, 11) is 0.